The Hall–Kier alpha value is -4.19. The molecule has 1 saturated heterocycles. The minimum absolute atomic E-state index is 0.00714. The zero-order valence-corrected chi connectivity index (χ0v) is 19.1. The number of nitrogens with one attached hydrogen (secondary N) is 1. The van der Waals surface area contributed by atoms with Crippen molar-refractivity contribution in [3.05, 3.63) is 95.1 Å². The quantitative estimate of drug-likeness (QED) is 0.458. The summed E-state index contributed by atoms with van der Waals surface area (Å²) in [5.41, 5.74) is 2.21. The molecule has 2 amide bonds. The fourth-order valence-corrected chi connectivity index (χ4v) is 5.78. The Bertz CT molecular complexity index is 1530. The summed E-state index contributed by atoms with van der Waals surface area (Å²) in [5, 5.41) is 16.4. The SMILES string of the molecule is O=C1Cc2cc3ccccc3cc2C2(CCN(C(=O)c3cccc4cccc(C(=O)O)c34)CC2)N1. The molecule has 0 saturated carbocycles. The molecule has 2 heterocycles. The second kappa shape index (κ2) is 7.94. The Labute approximate surface area is 202 Å². The van der Waals surface area contributed by atoms with Crippen LogP contribution in [-0.4, -0.2) is 40.9 Å². The molecule has 2 aliphatic rings. The number of hydrogen-bond acceptors (Lipinski definition) is 3. The van der Waals surface area contributed by atoms with E-state index < -0.39 is 11.5 Å². The molecule has 0 aliphatic carbocycles. The molecule has 4 aromatic rings. The lowest BCUT2D eigenvalue weighted by atomic mass is 9.74. The van der Waals surface area contributed by atoms with Gasteiger partial charge in [-0.3, -0.25) is 9.59 Å². The largest absolute Gasteiger partial charge is 0.478 e. The summed E-state index contributed by atoms with van der Waals surface area (Å²) in [5.74, 6) is -1.23. The summed E-state index contributed by atoms with van der Waals surface area (Å²) in [4.78, 5) is 39.9. The molecule has 2 N–H and O–H groups in total. The minimum atomic E-state index is -1.05. The minimum Gasteiger partial charge on any atom is -0.478 e. The summed E-state index contributed by atoms with van der Waals surface area (Å²) >= 11 is 0. The van der Waals surface area contributed by atoms with E-state index in [2.05, 4.69) is 29.6 Å². The van der Waals surface area contributed by atoms with E-state index in [9.17, 15) is 19.5 Å². The van der Waals surface area contributed by atoms with Crippen LogP contribution in [-0.2, 0) is 16.8 Å². The molecule has 1 fully saturated rings. The number of amides is 2. The first-order chi connectivity index (χ1) is 16.9. The second-order valence-electron chi connectivity index (χ2n) is 9.47. The van der Waals surface area contributed by atoms with Crippen LogP contribution in [0.3, 0.4) is 0 Å². The Morgan fingerprint density at radius 1 is 0.829 bits per heavy atom. The van der Waals surface area contributed by atoms with Crippen LogP contribution in [0.5, 0.6) is 0 Å². The van der Waals surface area contributed by atoms with Crippen molar-refractivity contribution in [1.29, 1.82) is 0 Å². The maximum Gasteiger partial charge on any atom is 0.336 e. The van der Waals surface area contributed by atoms with Crippen LogP contribution in [0.4, 0.5) is 0 Å². The third kappa shape index (κ3) is 3.44. The second-order valence-corrected chi connectivity index (χ2v) is 9.47. The van der Waals surface area contributed by atoms with Crippen molar-refractivity contribution in [1.82, 2.24) is 10.2 Å². The van der Waals surface area contributed by atoms with Crippen molar-refractivity contribution < 1.29 is 19.5 Å². The standard InChI is InChI=1S/C29H24N2O4/c32-25-17-21-15-19-5-1-2-6-20(19)16-24(21)29(30-25)11-13-31(14-12-29)27(33)22-9-3-7-18-8-4-10-23(26(18)22)28(34)35/h1-10,15-16H,11-14,17H2,(H,30,32)(H,34,35). The lowest BCUT2D eigenvalue weighted by molar-refractivity contribution is -0.124. The van der Waals surface area contributed by atoms with Gasteiger partial charge >= 0.3 is 5.97 Å². The molecule has 6 rings (SSSR count). The van der Waals surface area contributed by atoms with Gasteiger partial charge in [-0.2, -0.15) is 0 Å². The van der Waals surface area contributed by atoms with Crippen molar-refractivity contribution in [2.24, 2.45) is 0 Å². The average molecular weight is 465 g/mol. The van der Waals surface area contributed by atoms with Gasteiger partial charge in [-0.15, -0.1) is 0 Å². The van der Waals surface area contributed by atoms with Gasteiger partial charge in [-0.1, -0.05) is 54.6 Å². The Balaban J connectivity index is 1.34. The molecule has 4 aromatic carbocycles. The molecule has 174 valence electrons. The van der Waals surface area contributed by atoms with Crippen LogP contribution in [0.2, 0.25) is 0 Å². The van der Waals surface area contributed by atoms with Gasteiger partial charge in [-0.05, 0) is 58.3 Å². The van der Waals surface area contributed by atoms with Crippen LogP contribution >= 0.6 is 0 Å². The third-order valence-corrected chi connectivity index (χ3v) is 7.49. The molecular weight excluding hydrogens is 440 g/mol. The molecule has 2 aliphatic heterocycles. The fraction of sp³-hybridized carbons (Fsp3) is 0.207. The monoisotopic (exact) mass is 464 g/mol. The Morgan fingerprint density at radius 3 is 2.14 bits per heavy atom. The first kappa shape index (κ1) is 21.4. The number of nitrogens with zero attached hydrogens (tertiary/aromatic N) is 1. The predicted molar refractivity (Wildman–Crippen MR) is 134 cm³/mol. The number of carboxylic acid groups (broad SMARTS) is 1. The number of carbonyl (C=O) groups is 3. The lowest BCUT2D eigenvalue weighted by Crippen LogP contribution is -2.56. The van der Waals surface area contributed by atoms with E-state index in [1.54, 1.807) is 23.1 Å². The number of hydrogen-bond donors (Lipinski definition) is 2. The van der Waals surface area contributed by atoms with Crippen LogP contribution in [0.25, 0.3) is 21.5 Å². The van der Waals surface area contributed by atoms with Gasteiger partial charge in [0.25, 0.3) is 5.91 Å². The summed E-state index contributed by atoms with van der Waals surface area (Å²) in [6.07, 6.45) is 1.57. The summed E-state index contributed by atoms with van der Waals surface area (Å²) < 4.78 is 0. The van der Waals surface area contributed by atoms with E-state index in [0.29, 0.717) is 43.3 Å². The first-order valence-electron chi connectivity index (χ1n) is 11.8. The average Bonchev–Trinajstić information content (AvgIpc) is 2.87. The molecule has 6 heteroatoms. The van der Waals surface area contributed by atoms with Crippen molar-refractivity contribution in [2.45, 2.75) is 24.8 Å². The molecule has 0 aromatic heterocycles. The van der Waals surface area contributed by atoms with E-state index in [1.165, 1.54) is 6.07 Å². The van der Waals surface area contributed by atoms with E-state index in [1.807, 2.05) is 24.3 Å². The predicted octanol–water partition coefficient (Wildman–Crippen LogP) is 4.50. The highest BCUT2D eigenvalue weighted by Gasteiger charge is 2.43. The molecule has 0 bridgehead atoms. The molecule has 35 heavy (non-hydrogen) atoms. The van der Waals surface area contributed by atoms with Gasteiger partial charge in [-0.25, -0.2) is 4.79 Å². The summed E-state index contributed by atoms with van der Waals surface area (Å²) in [7, 11) is 0. The van der Waals surface area contributed by atoms with Gasteiger partial charge in [0.2, 0.25) is 5.91 Å². The number of benzene rings is 4. The van der Waals surface area contributed by atoms with Gasteiger partial charge in [0, 0.05) is 24.0 Å². The molecule has 0 radical (unpaired) electrons. The van der Waals surface area contributed by atoms with Crippen LogP contribution in [0.1, 0.15) is 44.7 Å². The van der Waals surface area contributed by atoms with Crippen molar-refractivity contribution in [3.63, 3.8) is 0 Å². The topological polar surface area (TPSA) is 86.7 Å². The normalized spacial score (nSPS) is 16.8. The third-order valence-electron chi connectivity index (χ3n) is 7.49. The number of fused-ring (bicyclic) bond motifs is 4. The Morgan fingerprint density at radius 2 is 1.46 bits per heavy atom. The van der Waals surface area contributed by atoms with E-state index >= 15 is 0 Å². The number of carboxylic acids is 1. The number of likely N-dealkylation sites (tertiary alicyclic amines) is 1. The molecule has 6 nitrogen and oxygen atoms in total. The zero-order chi connectivity index (χ0) is 24.2. The smallest absolute Gasteiger partial charge is 0.336 e. The van der Waals surface area contributed by atoms with Gasteiger partial charge in [0.05, 0.1) is 17.5 Å². The van der Waals surface area contributed by atoms with Crippen molar-refractivity contribution in [3.8, 4) is 0 Å². The molecule has 1 spiro atoms. The molecule has 0 atom stereocenters. The number of rotatable bonds is 2. The van der Waals surface area contributed by atoms with Gasteiger partial charge < -0.3 is 15.3 Å². The van der Waals surface area contributed by atoms with E-state index in [0.717, 1.165) is 27.3 Å². The van der Waals surface area contributed by atoms with Crippen molar-refractivity contribution >= 4 is 39.3 Å². The summed E-state index contributed by atoms with van der Waals surface area (Å²) in [6.45, 7) is 0.939. The highest BCUT2D eigenvalue weighted by Crippen LogP contribution is 2.40. The molecular formula is C29H24N2O4. The fourth-order valence-electron chi connectivity index (χ4n) is 5.78. The maximum atomic E-state index is 13.6. The van der Waals surface area contributed by atoms with E-state index in [-0.39, 0.29) is 17.4 Å². The number of aromatic carboxylic acids is 1. The van der Waals surface area contributed by atoms with Gasteiger partial charge in [0.15, 0.2) is 0 Å². The number of piperidine rings is 1. The Kier molecular flexibility index (Phi) is 4.85. The number of carbonyl (C=O) groups excluding carboxylic acids is 2. The van der Waals surface area contributed by atoms with Crippen LogP contribution in [0, 0.1) is 0 Å². The first-order valence-corrected chi connectivity index (χ1v) is 11.8. The van der Waals surface area contributed by atoms with Crippen LogP contribution in [0.15, 0.2) is 72.8 Å². The highest BCUT2D eigenvalue weighted by molar-refractivity contribution is 6.14. The zero-order valence-electron chi connectivity index (χ0n) is 19.1. The van der Waals surface area contributed by atoms with Crippen LogP contribution < -0.4 is 5.32 Å². The molecule has 0 unspecified atom stereocenters. The maximum absolute atomic E-state index is 13.6. The van der Waals surface area contributed by atoms with Crippen molar-refractivity contribution in [2.75, 3.05) is 13.1 Å². The van der Waals surface area contributed by atoms with Gasteiger partial charge in [0.1, 0.15) is 0 Å². The highest BCUT2D eigenvalue weighted by atomic mass is 16.4. The summed E-state index contributed by atoms with van der Waals surface area (Å²) in [6, 6.07) is 22.8. The van der Waals surface area contributed by atoms with E-state index in [4.69, 9.17) is 0 Å². The lowest BCUT2D eigenvalue weighted by Gasteiger charge is -2.46.